The Hall–Kier alpha value is -2.24. The average molecular weight is 204 g/mol. The van der Waals surface area contributed by atoms with Gasteiger partial charge in [-0.05, 0) is 6.07 Å². The highest BCUT2D eigenvalue weighted by atomic mass is 16.4. The highest BCUT2D eigenvalue weighted by molar-refractivity contribution is 5.93. The van der Waals surface area contributed by atoms with Crippen molar-refractivity contribution < 1.29 is 9.90 Å². The van der Waals surface area contributed by atoms with Crippen molar-refractivity contribution in [2.45, 2.75) is 0 Å². The second-order valence-electron chi connectivity index (χ2n) is 2.96. The van der Waals surface area contributed by atoms with Crippen LogP contribution in [-0.2, 0) is 7.05 Å². The first-order valence-corrected chi connectivity index (χ1v) is 4.22. The number of aryl methyl sites for hydroxylation is 1. The number of carbonyl (C=O) groups is 1. The molecular formula is C9H8N4O2. The summed E-state index contributed by atoms with van der Waals surface area (Å²) in [6.07, 6.45) is 4.54. The molecule has 0 saturated carbocycles. The van der Waals surface area contributed by atoms with Crippen molar-refractivity contribution in [1.82, 2.24) is 19.7 Å². The molecule has 0 aliphatic heterocycles. The Morgan fingerprint density at radius 3 is 2.93 bits per heavy atom. The van der Waals surface area contributed by atoms with Gasteiger partial charge in [-0.1, -0.05) is 0 Å². The number of carboxylic acids is 1. The van der Waals surface area contributed by atoms with E-state index in [1.54, 1.807) is 25.5 Å². The highest BCUT2D eigenvalue weighted by Gasteiger charge is 2.16. The zero-order valence-corrected chi connectivity index (χ0v) is 7.95. The van der Waals surface area contributed by atoms with E-state index in [-0.39, 0.29) is 5.69 Å². The second kappa shape index (κ2) is 3.49. The average Bonchev–Trinajstić information content (AvgIpc) is 2.62. The number of aromatic nitrogens is 4. The van der Waals surface area contributed by atoms with Gasteiger partial charge in [-0.3, -0.25) is 4.68 Å². The minimum atomic E-state index is -1.07. The standard InChI is InChI=1S/C9H8N4O2/c1-13-4-6(8(12-13)9(14)15)7-2-3-10-5-11-7/h2-5H,1H3,(H,14,15). The number of hydrogen-bond donors (Lipinski definition) is 1. The number of hydrogen-bond acceptors (Lipinski definition) is 4. The predicted octanol–water partition coefficient (Wildman–Crippen LogP) is 0.575. The fourth-order valence-electron chi connectivity index (χ4n) is 1.28. The molecule has 2 aromatic heterocycles. The van der Waals surface area contributed by atoms with Gasteiger partial charge in [-0.2, -0.15) is 5.10 Å². The molecule has 0 amide bonds. The van der Waals surface area contributed by atoms with Crippen LogP contribution in [-0.4, -0.2) is 30.8 Å². The normalized spacial score (nSPS) is 10.2. The molecule has 0 unspecified atom stereocenters. The van der Waals surface area contributed by atoms with Crippen molar-refractivity contribution in [2.75, 3.05) is 0 Å². The van der Waals surface area contributed by atoms with Crippen LogP contribution in [0.25, 0.3) is 11.3 Å². The van der Waals surface area contributed by atoms with Crippen LogP contribution in [0.1, 0.15) is 10.5 Å². The van der Waals surface area contributed by atoms with Gasteiger partial charge in [-0.15, -0.1) is 0 Å². The maximum absolute atomic E-state index is 10.9. The maximum atomic E-state index is 10.9. The van der Waals surface area contributed by atoms with Crippen LogP contribution in [0.15, 0.2) is 24.8 Å². The fraction of sp³-hybridized carbons (Fsp3) is 0.111. The molecule has 0 radical (unpaired) electrons. The number of aromatic carboxylic acids is 1. The topological polar surface area (TPSA) is 80.9 Å². The van der Waals surface area contributed by atoms with E-state index in [1.165, 1.54) is 11.0 Å². The van der Waals surface area contributed by atoms with Crippen molar-refractivity contribution in [2.24, 2.45) is 7.05 Å². The summed E-state index contributed by atoms with van der Waals surface area (Å²) in [5.41, 5.74) is 1.04. The zero-order valence-electron chi connectivity index (χ0n) is 7.95. The molecule has 0 aliphatic carbocycles. The molecule has 6 nitrogen and oxygen atoms in total. The van der Waals surface area contributed by atoms with E-state index in [2.05, 4.69) is 15.1 Å². The van der Waals surface area contributed by atoms with Gasteiger partial charge in [0.05, 0.1) is 11.3 Å². The van der Waals surface area contributed by atoms with Gasteiger partial charge >= 0.3 is 5.97 Å². The Morgan fingerprint density at radius 1 is 1.53 bits per heavy atom. The summed E-state index contributed by atoms with van der Waals surface area (Å²) in [5, 5.41) is 12.8. The number of carboxylic acid groups (broad SMARTS) is 1. The van der Waals surface area contributed by atoms with Crippen LogP contribution >= 0.6 is 0 Å². The Balaban J connectivity index is 2.58. The lowest BCUT2D eigenvalue weighted by Gasteiger charge is -1.95. The van der Waals surface area contributed by atoms with Crippen molar-refractivity contribution in [3.05, 3.63) is 30.5 Å². The molecule has 6 heteroatoms. The lowest BCUT2D eigenvalue weighted by atomic mass is 10.2. The summed E-state index contributed by atoms with van der Waals surface area (Å²) < 4.78 is 1.45. The first-order valence-electron chi connectivity index (χ1n) is 4.22. The number of nitrogens with zero attached hydrogens (tertiary/aromatic N) is 4. The van der Waals surface area contributed by atoms with Gasteiger partial charge in [-0.25, -0.2) is 14.8 Å². The van der Waals surface area contributed by atoms with E-state index in [4.69, 9.17) is 5.11 Å². The van der Waals surface area contributed by atoms with Crippen molar-refractivity contribution in [1.29, 1.82) is 0 Å². The molecule has 0 spiro atoms. The Labute approximate surface area is 85.2 Å². The third kappa shape index (κ3) is 1.69. The van der Waals surface area contributed by atoms with Gasteiger partial charge in [0.1, 0.15) is 6.33 Å². The van der Waals surface area contributed by atoms with Gasteiger partial charge in [0.2, 0.25) is 0 Å². The van der Waals surface area contributed by atoms with Gasteiger partial charge in [0, 0.05) is 19.4 Å². The third-order valence-corrected chi connectivity index (χ3v) is 1.89. The summed E-state index contributed by atoms with van der Waals surface area (Å²) in [6.45, 7) is 0. The largest absolute Gasteiger partial charge is 0.476 e. The van der Waals surface area contributed by atoms with Gasteiger partial charge < -0.3 is 5.11 Å². The zero-order chi connectivity index (χ0) is 10.8. The molecule has 0 fully saturated rings. The van der Waals surface area contributed by atoms with Crippen LogP contribution in [0.4, 0.5) is 0 Å². The molecule has 0 aliphatic rings. The number of rotatable bonds is 2. The molecule has 0 atom stereocenters. The second-order valence-corrected chi connectivity index (χ2v) is 2.96. The lowest BCUT2D eigenvalue weighted by Crippen LogP contribution is -2.01. The quantitative estimate of drug-likeness (QED) is 0.773. The van der Waals surface area contributed by atoms with E-state index in [0.29, 0.717) is 11.3 Å². The van der Waals surface area contributed by atoms with Crippen LogP contribution in [0.3, 0.4) is 0 Å². The fourth-order valence-corrected chi connectivity index (χ4v) is 1.28. The monoisotopic (exact) mass is 204 g/mol. The Morgan fingerprint density at radius 2 is 2.33 bits per heavy atom. The minimum Gasteiger partial charge on any atom is -0.476 e. The van der Waals surface area contributed by atoms with E-state index in [9.17, 15) is 4.79 Å². The molecule has 15 heavy (non-hydrogen) atoms. The maximum Gasteiger partial charge on any atom is 0.357 e. The Bertz CT molecular complexity index is 492. The molecule has 76 valence electrons. The molecule has 2 aromatic rings. The van der Waals surface area contributed by atoms with Crippen molar-refractivity contribution >= 4 is 5.97 Å². The molecule has 0 aromatic carbocycles. The SMILES string of the molecule is Cn1cc(-c2ccncn2)c(C(=O)O)n1. The van der Waals surface area contributed by atoms with E-state index in [0.717, 1.165) is 0 Å². The van der Waals surface area contributed by atoms with Gasteiger partial charge in [0.25, 0.3) is 0 Å². The van der Waals surface area contributed by atoms with E-state index >= 15 is 0 Å². The first-order chi connectivity index (χ1) is 7.18. The van der Waals surface area contributed by atoms with Crippen LogP contribution in [0.5, 0.6) is 0 Å². The summed E-state index contributed by atoms with van der Waals surface area (Å²) >= 11 is 0. The molecule has 0 saturated heterocycles. The summed E-state index contributed by atoms with van der Waals surface area (Å²) in [4.78, 5) is 18.6. The minimum absolute atomic E-state index is 0.00352. The van der Waals surface area contributed by atoms with Crippen molar-refractivity contribution in [3.63, 3.8) is 0 Å². The molecule has 0 bridgehead atoms. The summed E-state index contributed by atoms with van der Waals surface area (Å²) in [6, 6.07) is 1.64. The molecule has 2 heterocycles. The van der Waals surface area contributed by atoms with E-state index < -0.39 is 5.97 Å². The molecule has 1 N–H and O–H groups in total. The summed E-state index contributed by atoms with van der Waals surface area (Å²) in [7, 11) is 1.66. The lowest BCUT2D eigenvalue weighted by molar-refractivity contribution is 0.0690. The molecular weight excluding hydrogens is 196 g/mol. The van der Waals surface area contributed by atoms with Gasteiger partial charge in [0.15, 0.2) is 5.69 Å². The Kier molecular flexibility index (Phi) is 2.17. The summed E-state index contributed by atoms with van der Waals surface area (Å²) in [5.74, 6) is -1.07. The smallest absolute Gasteiger partial charge is 0.357 e. The highest BCUT2D eigenvalue weighted by Crippen LogP contribution is 2.19. The van der Waals surface area contributed by atoms with Crippen molar-refractivity contribution in [3.8, 4) is 11.3 Å². The predicted molar refractivity (Wildman–Crippen MR) is 51.2 cm³/mol. The van der Waals surface area contributed by atoms with Crippen LogP contribution in [0.2, 0.25) is 0 Å². The van der Waals surface area contributed by atoms with E-state index in [1.807, 2.05) is 0 Å². The first kappa shape index (κ1) is 9.32. The molecule has 2 rings (SSSR count). The van der Waals surface area contributed by atoms with Crippen LogP contribution in [0, 0.1) is 0 Å². The van der Waals surface area contributed by atoms with Crippen LogP contribution < -0.4 is 0 Å². The third-order valence-electron chi connectivity index (χ3n) is 1.89.